The van der Waals surface area contributed by atoms with Gasteiger partial charge in [-0.05, 0) is 29.7 Å². The van der Waals surface area contributed by atoms with Crippen LogP contribution in [0.25, 0.3) is 10.9 Å². The average Bonchev–Trinajstić information content (AvgIpc) is 2.68. The Labute approximate surface area is 106 Å². The van der Waals surface area contributed by atoms with E-state index in [9.17, 15) is 4.79 Å². The number of carbonyl (C=O) groups is 1. The summed E-state index contributed by atoms with van der Waals surface area (Å²) in [6.07, 6.45) is 2.49. The molecule has 1 atom stereocenters. The Bertz CT molecular complexity index is 594. The molecule has 0 saturated carbocycles. The molecule has 1 fully saturated rings. The number of aromatic nitrogens is 1. The molecular weight excluding hydrogens is 224 g/mol. The van der Waals surface area contributed by atoms with Gasteiger partial charge in [-0.1, -0.05) is 19.1 Å². The van der Waals surface area contributed by atoms with Crippen LogP contribution >= 0.6 is 0 Å². The first-order valence-corrected chi connectivity index (χ1v) is 6.34. The molecule has 1 aromatic carbocycles. The molecule has 0 aliphatic carbocycles. The van der Waals surface area contributed by atoms with Crippen LogP contribution < -0.4 is 0 Å². The monoisotopic (exact) mass is 240 g/mol. The van der Waals surface area contributed by atoms with Gasteiger partial charge in [0.1, 0.15) is 0 Å². The van der Waals surface area contributed by atoms with Gasteiger partial charge in [-0.25, -0.2) is 0 Å². The minimum Gasteiger partial charge on any atom is -0.338 e. The molecule has 1 aliphatic heterocycles. The SMILES string of the molecule is CC1CC(=O)N(Cc2ccc3ncccc3c2)C1. The number of fused-ring (bicyclic) bond motifs is 1. The molecule has 0 radical (unpaired) electrons. The van der Waals surface area contributed by atoms with Crippen molar-refractivity contribution in [1.82, 2.24) is 9.88 Å². The van der Waals surface area contributed by atoms with Crippen molar-refractivity contribution in [3.05, 3.63) is 42.1 Å². The average molecular weight is 240 g/mol. The van der Waals surface area contributed by atoms with E-state index < -0.39 is 0 Å². The van der Waals surface area contributed by atoms with Crippen LogP contribution in [-0.4, -0.2) is 22.3 Å². The Morgan fingerprint density at radius 1 is 1.39 bits per heavy atom. The third-order valence-electron chi connectivity index (χ3n) is 3.45. The molecule has 1 aliphatic rings. The van der Waals surface area contributed by atoms with Gasteiger partial charge in [0.15, 0.2) is 0 Å². The minimum atomic E-state index is 0.272. The van der Waals surface area contributed by atoms with Crippen molar-refractivity contribution in [2.75, 3.05) is 6.54 Å². The highest BCUT2D eigenvalue weighted by Crippen LogP contribution is 2.21. The molecule has 2 aromatic rings. The van der Waals surface area contributed by atoms with Gasteiger partial charge in [-0.15, -0.1) is 0 Å². The molecule has 0 N–H and O–H groups in total. The lowest BCUT2D eigenvalue weighted by Gasteiger charge is -2.16. The molecule has 0 spiro atoms. The van der Waals surface area contributed by atoms with Crippen molar-refractivity contribution in [3.8, 4) is 0 Å². The fraction of sp³-hybridized carbons (Fsp3) is 0.333. The van der Waals surface area contributed by atoms with E-state index in [1.165, 1.54) is 5.56 Å². The Morgan fingerprint density at radius 2 is 2.28 bits per heavy atom. The summed E-state index contributed by atoms with van der Waals surface area (Å²) in [5.41, 5.74) is 2.18. The predicted molar refractivity (Wildman–Crippen MR) is 70.9 cm³/mol. The topological polar surface area (TPSA) is 33.2 Å². The normalized spacial score (nSPS) is 19.7. The van der Waals surface area contributed by atoms with E-state index >= 15 is 0 Å². The molecule has 3 rings (SSSR count). The second-order valence-electron chi connectivity index (χ2n) is 5.11. The van der Waals surface area contributed by atoms with Gasteiger partial charge >= 0.3 is 0 Å². The Morgan fingerprint density at radius 3 is 3.06 bits per heavy atom. The van der Waals surface area contributed by atoms with Gasteiger partial charge in [0.25, 0.3) is 0 Å². The molecule has 3 nitrogen and oxygen atoms in total. The fourth-order valence-corrected chi connectivity index (χ4v) is 2.57. The first kappa shape index (κ1) is 11.2. The third-order valence-corrected chi connectivity index (χ3v) is 3.45. The summed E-state index contributed by atoms with van der Waals surface area (Å²) in [6.45, 7) is 3.72. The van der Waals surface area contributed by atoms with E-state index in [1.807, 2.05) is 17.0 Å². The predicted octanol–water partition coefficient (Wildman–Crippen LogP) is 2.60. The quantitative estimate of drug-likeness (QED) is 0.808. The lowest BCUT2D eigenvalue weighted by Crippen LogP contribution is -2.24. The number of rotatable bonds is 2. The van der Waals surface area contributed by atoms with Crippen LogP contribution in [0.4, 0.5) is 0 Å². The molecule has 92 valence electrons. The molecule has 1 amide bonds. The summed E-state index contributed by atoms with van der Waals surface area (Å²) in [4.78, 5) is 18.0. The highest BCUT2D eigenvalue weighted by Gasteiger charge is 2.26. The maximum atomic E-state index is 11.8. The highest BCUT2D eigenvalue weighted by atomic mass is 16.2. The van der Waals surface area contributed by atoms with Gasteiger partial charge in [0.05, 0.1) is 5.52 Å². The number of benzene rings is 1. The van der Waals surface area contributed by atoms with Gasteiger partial charge in [0.2, 0.25) is 5.91 Å². The number of amides is 1. The molecule has 2 heterocycles. The highest BCUT2D eigenvalue weighted by molar-refractivity contribution is 5.80. The largest absolute Gasteiger partial charge is 0.338 e. The van der Waals surface area contributed by atoms with Crippen molar-refractivity contribution < 1.29 is 4.79 Å². The second-order valence-corrected chi connectivity index (χ2v) is 5.11. The number of likely N-dealkylation sites (tertiary alicyclic amines) is 1. The van der Waals surface area contributed by atoms with Crippen molar-refractivity contribution in [3.63, 3.8) is 0 Å². The second kappa shape index (κ2) is 4.41. The van der Waals surface area contributed by atoms with E-state index in [0.29, 0.717) is 18.9 Å². The van der Waals surface area contributed by atoms with Crippen LogP contribution in [0.15, 0.2) is 36.5 Å². The van der Waals surface area contributed by atoms with E-state index in [2.05, 4.69) is 30.1 Å². The maximum Gasteiger partial charge on any atom is 0.223 e. The third kappa shape index (κ3) is 2.08. The van der Waals surface area contributed by atoms with Crippen molar-refractivity contribution in [2.24, 2.45) is 5.92 Å². The summed E-state index contributed by atoms with van der Waals surface area (Å²) in [7, 11) is 0. The molecule has 1 unspecified atom stereocenters. The van der Waals surface area contributed by atoms with Crippen LogP contribution in [-0.2, 0) is 11.3 Å². The number of hydrogen-bond donors (Lipinski definition) is 0. The standard InChI is InChI=1S/C15H16N2O/c1-11-7-15(18)17(9-11)10-12-4-5-14-13(8-12)3-2-6-16-14/h2-6,8,11H,7,9-10H2,1H3. The molecule has 1 aromatic heterocycles. The summed E-state index contributed by atoms with van der Waals surface area (Å²) < 4.78 is 0. The van der Waals surface area contributed by atoms with E-state index in [0.717, 1.165) is 17.4 Å². The molecule has 18 heavy (non-hydrogen) atoms. The first-order valence-electron chi connectivity index (χ1n) is 6.34. The zero-order valence-electron chi connectivity index (χ0n) is 10.5. The number of carbonyl (C=O) groups excluding carboxylic acids is 1. The molecule has 3 heteroatoms. The zero-order chi connectivity index (χ0) is 12.5. The van der Waals surface area contributed by atoms with Crippen molar-refractivity contribution in [1.29, 1.82) is 0 Å². The van der Waals surface area contributed by atoms with E-state index in [-0.39, 0.29) is 5.91 Å². The number of nitrogens with zero attached hydrogens (tertiary/aromatic N) is 2. The van der Waals surface area contributed by atoms with Gasteiger partial charge in [-0.2, -0.15) is 0 Å². The smallest absolute Gasteiger partial charge is 0.223 e. The number of hydrogen-bond acceptors (Lipinski definition) is 2. The Balaban J connectivity index is 1.84. The van der Waals surface area contributed by atoms with E-state index in [4.69, 9.17) is 0 Å². The Kier molecular flexibility index (Phi) is 2.74. The van der Waals surface area contributed by atoms with Crippen molar-refractivity contribution >= 4 is 16.8 Å². The van der Waals surface area contributed by atoms with Gasteiger partial charge in [0, 0.05) is 31.1 Å². The number of pyridine rings is 1. The van der Waals surface area contributed by atoms with Crippen molar-refractivity contribution in [2.45, 2.75) is 19.9 Å². The molecule has 1 saturated heterocycles. The Hall–Kier alpha value is -1.90. The van der Waals surface area contributed by atoms with Crippen LogP contribution in [0.5, 0.6) is 0 Å². The van der Waals surface area contributed by atoms with Gasteiger partial charge in [-0.3, -0.25) is 9.78 Å². The molecule has 0 bridgehead atoms. The fourth-order valence-electron chi connectivity index (χ4n) is 2.57. The minimum absolute atomic E-state index is 0.272. The van der Waals surface area contributed by atoms with Gasteiger partial charge < -0.3 is 4.90 Å². The van der Waals surface area contributed by atoms with E-state index in [1.54, 1.807) is 6.20 Å². The van der Waals surface area contributed by atoms with Crippen LogP contribution in [0.3, 0.4) is 0 Å². The van der Waals surface area contributed by atoms with Crippen LogP contribution in [0.1, 0.15) is 18.9 Å². The maximum absolute atomic E-state index is 11.8. The first-order chi connectivity index (χ1) is 8.72. The summed E-state index contributed by atoms with van der Waals surface area (Å²) >= 11 is 0. The lowest BCUT2D eigenvalue weighted by atomic mass is 10.1. The summed E-state index contributed by atoms with van der Waals surface area (Å²) in [5, 5.41) is 1.13. The zero-order valence-corrected chi connectivity index (χ0v) is 10.5. The summed E-state index contributed by atoms with van der Waals surface area (Å²) in [5.74, 6) is 0.758. The summed E-state index contributed by atoms with van der Waals surface area (Å²) in [6, 6.07) is 10.2. The molecular formula is C15H16N2O. The lowest BCUT2D eigenvalue weighted by molar-refractivity contribution is -0.128. The van der Waals surface area contributed by atoms with Crippen LogP contribution in [0, 0.1) is 5.92 Å². The van der Waals surface area contributed by atoms with Crippen LogP contribution in [0.2, 0.25) is 0 Å².